The minimum Gasteiger partial charge on any atom is -0.497 e. The predicted molar refractivity (Wildman–Crippen MR) is 106 cm³/mol. The van der Waals surface area contributed by atoms with Crippen molar-refractivity contribution in [1.29, 1.82) is 0 Å². The Morgan fingerprint density at radius 1 is 1.19 bits per heavy atom. The summed E-state index contributed by atoms with van der Waals surface area (Å²) in [5, 5.41) is 3.62. The van der Waals surface area contributed by atoms with Crippen molar-refractivity contribution in [3.8, 4) is 16.9 Å². The smallest absolute Gasteiger partial charge is 0.119 e. The van der Waals surface area contributed by atoms with Crippen LogP contribution in [0, 0.1) is 6.92 Å². The second kappa shape index (κ2) is 6.31. The van der Waals surface area contributed by atoms with Gasteiger partial charge in [-0.3, -0.25) is 0 Å². The summed E-state index contributed by atoms with van der Waals surface area (Å²) in [4.78, 5) is 2.73. The topological polar surface area (TPSA) is 24.5 Å². The van der Waals surface area contributed by atoms with E-state index in [-0.39, 0.29) is 0 Å². The Hall–Kier alpha value is -2.00. The number of nitrogens with one attached hydrogen (secondary N) is 1. The number of aryl methyl sites for hydroxylation is 1. The fourth-order valence-corrected chi connectivity index (χ4v) is 5.20. The lowest BCUT2D eigenvalue weighted by Gasteiger charge is -2.33. The maximum Gasteiger partial charge on any atom is 0.119 e. The maximum atomic E-state index is 6.37. The van der Waals surface area contributed by atoms with Gasteiger partial charge in [0.1, 0.15) is 5.75 Å². The fraction of sp³-hybridized carbons (Fsp3) is 0.435. The highest BCUT2D eigenvalue weighted by atomic mass is 16.5. The van der Waals surface area contributed by atoms with Crippen molar-refractivity contribution < 1.29 is 4.74 Å². The lowest BCUT2D eigenvalue weighted by Crippen LogP contribution is -2.44. The molecule has 2 atom stereocenters. The van der Waals surface area contributed by atoms with E-state index in [1.807, 2.05) is 12.1 Å². The van der Waals surface area contributed by atoms with E-state index >= 15 is 0 Å². The van der Waals surface area contributed by atoms with Crippen LogP contribution in [-0.2, 0) is 6.42 Å². The van der Waals surface area contributed by atoms with E-state index in [0.717, 1.165) is 30.0 Å². The van der Waals surface area contributed by atoms with Crippen LogP contribution in [-0.4, -0.2) is 32.8 Å². The lowest BCUT2D eigenvalue weighted by atomic mass is 9.86. The van der Waals surface area contributed by atoms with Gasteiger partial charge in [-0.25, -0.2) is 0 Å². The lowest BCUT2D eigenvalue weighted by molar-refractivity contribution is 0.401. The van der Waals surface area contributed by atoms with E-state index in [1.165, 1.54) is 54.6 Å². The molecule has 1 fully saturated rings. The molecule has 0 spiro atoms. The quantitative estimate of drug-likeness (QED) is 0.889. The molecular formula is C23H26N2O. The van der Waals surface area contributed by atoms with Crippen molar-refractivity contribution in [2.75, 3.05) is 31.6 Å². The number of piperidine rings is 1. The van der Waals surface area contributed by atoms with Crippen LogP contribution in [0.4, 0.5) is 5.69 Å². The number of fused-ring (bicyclic) bond motifs is 3. The van der Waals surface area contributed by atoms with Crippen LogP contribution < -0.4 is 15.0 Å². The Labute approximate surface area is 156 Å². The number of anilines is 1. The highest BCUT2D eigenvalue weighted by molar-refractivity contribution is 5.78. The third-order valence-corrected chi connectivity index (χ3v) is 6.42. The summed E-state index contributed by atoms with van der Waals surface area (Å²) in [7, 11) is 1.68. The Kier molecular flexibility index (Phi) is 3.93. The van der Waals surface area contributed by atoms with E-state index in [1.54, 1.807) is 7.11 Å². The zero-order valence-electron chi connectivity index (χ0n) is 15.4. The second-order valence-corrected chi connectivity index (χ2v) is 7.84. The van der Waals surface area contributed by atoms with Gasteiger partial charge in [0.2, 0.25) is 0 Å². The minimum absolute atomic E-state index is 0.607. The first-order valence-electron chi connectivity index (χ1n) is 9.84. The summed E-state index contributed by atoms with van der Waals surface area (Å²) in [5.74, 6) is 1.42. The molecule has 0 amide bonds. The van der Waals surface area contributed by atoms with Crippen LogP contribution in [0.25, 0.3) is 11.1 Å². The minimum atomic E-state index is 0.607. The summed E-state index contributed by atoms with van der Waals surface area (Å²) in [6.45, 7) is 9.81. The molecule has 3 heteroatoms. The van der Waals surface area contributed by atoms with Gasteiger partial charge in [-0.05, 0) is 91.2 Å². The van der Waals surface area contributed by atoms with E-state index < -0.39 is 0 Å². The molecular weight excluding hydrogens is 320 g/mol. The molecule has 26 heavy (non-hydrogen) atoms. The molecule has 2 aromatic carbocycles. The van der Waals surface area contributed by atoms with Crippen LogP contribution >= 0.6 is 0 Å². The maximum absolute atomic E-state index is 6.37. The highest BCUT2D eigenvalue weighted by Crippen LogP contribution is 2.48. The molecule has 3 aliphatic heterocycles. The molecule has 0 aliphatic carbocycles. The van der Waals surface area contributed by atoms with Crippen LogP contribution in [0.15, 0.2) is 30.3 Å². The first-order valence-corrected chi connectivity index (χ1v) is 9.84. The normalized spacial score (nSPS) is 24.0. The van der Waals surface area contributed by atoms with Gasteiger partial charge in [0.25, 0.3) is 0 Å². The summed E-state index contributed by atoms with van der Waals surface area (Å²) in [5.41, 5.74) is 7.75. The molecule has 0 aromatic heterocycles. The SMILES string of the molecule is [CH]c1cc(OC)ccc1-c1cc2c3c(c1)[C@@H]1CNCC[C@@H]1N3CCCC2. The van der Waals surface area contributed by atoms with Crippen molar-refractivity contribution >= 4 is 5.69 Å². The van der Waals surface area contributed by atoms with Gasteiger partial charge >= 0.3 is 0 Å². The molecule has 3 nitrogen and oxygen atoms in total. The van der Waals surface area contributed by atoms with Crippen molar-refractivity contribution in [3.05, 3.63) is 53.9 Å². The van der Waals surface area contributed by atoms with Gasteiger partial charge in [0.15, 0.2) is 0 Å². The predicted octanol–water partition coefficient (Wildman–Crippen LogP) is 4.02. The second-order valence-electron chi connectivity index (χ2n) is 7.84. The molecule has 3 heterocycles. The van der Waals surface area contributed by atoms with Crippen LogP contribution in [0.3, 0.4) is 0 Å². The van der Waals surface area contributed by atoms with Crippen molar-refractivity contribution in [2.45, 2.75) is 37.6 Å². The summed E-state index contributed by atoms with van der Waals surface area (Å²) >= 11 is 0. The molecule has 2 aromatic rings. The molecule has 0 saturated carbocycles. The largest absolute Gasteiger partial charge is 0.497 e. The number of benzene rings is 2. The zero-order chi connectivity index (χ0) is 17.7. The molecule has 1 saturated heterocycles. The van der Waals surface area contributed by atoms with Gasteiger partial charge in [0.05, 0.1) is 7.11 Å². The van der Waals surface area contributed by atoms with E-state index in [0.29, 0.717) is 12.0 Å². The van der Waals surface area contributed by atoms with Gasteiger partial charge in [-0.2, -0.15) is 0 Å². The number of nitrogens with zero attached hydrogens (tertiary/aromatic N) is 1. The molecule has 0 unspecified atom stereocenters. The van der Waals surface area contributed by atoms with Crippen LogP contribution in [0.5, 0.6) is 5.75 Å². The Morgan fingerprint density at radius 2 is 2.12 bits per heavy atom. The highest BCUT2D eigenvalue weighted by Gasteiger charge is 2.41. The fourth-order valence-electron chi connectivity index (χ4n) is 5.20. The van der Waals surface area contributed by atoms with Gasteiger partial charge in [-0.1, -0.05) is 6.07 Å². The number of hydrogen-bond acceptors (Lipinski definition) is 3. The zero-order valence-corrected chi connectivity index (χ0v) is 15.4. The third-order valence-electron chi connectivity index (χ3n) is 6.42. The number of hydrogen-bond donors (Lipinski definition) is 1. The van der Waals surface area contributed by atoms with Crippen LogP contribution in [0.2, 0.25) is 0 Å². The van der Waals surface area contributed by atoms with Crippen LogP contribution in [0.1, 0.15) is 41.9 Å². The average molecular weight is 346 g/mol. The average Bonchev–Trinajstić information content (AvgIpc) is 2.83. The Morgan fingerprint density at radius 3 is 2.96 bits per heavy atom. The van der Waals surface area contributed by atoms with Crippen molar-refractivity contribution in [2.24, 2.45) is 0 Å². The van der Waals surface area contributed by atoms with Gasteiger partial charge in [-0.15, -0.1) is 0 Å². The Balaban J connectivity index is 1.66. The summed E-state index contributed by atoms with van der Waals surface area (Å²) in [6, 6.07) is 11.5. The number of ether oxygens (including phenoxy) is 1. The Bertz CT molecular complexity index is 844. The van der Waals surface area contributed by atoms with Crippen molar-refractivity contribution in [3.63, 3.8) is 0 Å². The van der Waals surface area contributed by atoms with Crippen molar-refractivity contribution in [1.82, 2.24) is 5.32 Å². The first kappa shape index (κ1) is 16.2. The molecule has 2 radical (unpaired) electrons. The van der Waals surface area contributed by atoms with E-state index in [4.69, 9.17) is 11.7 Å². The summed E-state index contributed by atoms with van der Waals surface area (Å²) < 4.78 is 5.32. The van der Waals surface area contributed by atoms with E-state index in [2.05, 4.69) is 28.4 Å². The first-order chi connectivity index (χ1) is 12.8. The molecule has 134 valence electrons. The number of rotatable bonds is 2. The summed E-state index contributed by atoms with van der Waals surface area (Å²) in [6.07, 6.45) is 5.00. The van der Waals surface area contributed by atoms with Gasteiger partial charge in [0, 0.05) is 30.7 Å². The standard InChI is InChI=1S/C23H26N2O/c1-15-11-18(26-2)6-7-19(15)17-12-16-5-3-4-10-25-22-8-9-24-14-21(22)20(13-17)23(16)25/h1,6-7,11-13,21-22,24H,3-5,8-10,14H2,2H3/t21-,22-/m0/s1. The molecule has 0 bridgehead atoms. The van der Waals surface area contributed by atoms with E-state index in [9.17, 15) is 0 Å². The van der Waals surface area contributed by atoms with Gasteiger partial charge < -0.3 is 15.0 Å². The third kappa shape index (κ3) is 2.44. The molecule has 1 N–H and O–H groups in total. The molecule has 5 rings (SSSR count). The number of methoxy groups -OCH3 is 1. The molecule has 3 aliphatic rings. The monoisotopic (exact) mass is 346 g/mol.